The molecule has 0 N–H and O–H groups in total. The molecule has 0 spiro atoms. The minimum Gasteiger partial charge on any atom is -0.310 e. The van der Waals surface area contributed by atoms with Crippen molar-refractivity contribution in [3.8, 4) is 11.1 Å². The smallest absolute Gasteiger partial charge is 0.0511 e. The van der Waals surface area contributed by atoms with Crippen molar-refractivity contribution in [1.82, 2.24) is 0 Å². The zero-order chi connectivity index (χ0) is 49.4. The van der Waals surface area contributed by atoms with Gasteiger partial charge in [-0.25, -0.2) is 0 Å². The van der Waals surface area contributed by atoms with Gasteiger partial charge in [0, 0.05) is 28.2 Å². The Hall–Kier alpha value is -5.78. The molecule has 2 nitrogen and oxygen atoms in total. The van der Waals surface area contributed by atoms with Crippen LogP contribution in [0.15, 0.2) is 134 Å². The van der Waals surface area contributed by atoms with Gasteiger partial charge in [-0.1, -0.05) is 169 Å². The van der Waals surface area contributed by atoms with Crippen LogP contribution in [0.2, 0.25) is 0 Å². The predicted octanol–water partition coefficient (Wildman–Crippen LogP) is 18.6. The highest BCUT2D eigenvalue weighted by Gasteiger charge is 2.41. The van der Waals surface area contributed by atoms with Crippen molar-refractivity contribution in [3.63, 3.8) is 0 Å². The van der Waals surface area contributed by atoms with E-state index >= 15 is 0 Å². The van der Waals surface area contributed by atoms with Crippen molar-refractivity contribution in [2.45, 2.75) is 164 Å². The van der Waals surface area contributed by atoms with Gasteiger partial charge in [-0.15, -0.1) is 0 Å². The normalized spacial score (nSPS) is 17.6. The number of hydrogen-bond donors (Lipinski definition) is 0. The van der Waals surface area contributed by atoms with E-state index < -0.39 is 0 Å². The molecule has 6 aromatic rings. The molecule has 6 aromatic carbocycles. The van der Waals surface area contributed by atoms with Crippen LogP contribution in [0.1, 0.15) is 159 Å². The Morgan fingerprint density at radius 2 is 1.04 bits per heavy atom. The van der Waals surface area contributed by atoms with Crippen molar-refractivity contribution >= 4 is 28.4 Å². The Morgan fingerprint density at radius 1 is 0.529 bits per heavy atom. The van der Waals surface area contributed by atoms with Crippen LogP contribution in [0.4, 0.5) is 28.4 Å². The van der Waals surface area contributed by atoms with Gasteiger partial charge in [0.15, 0.2) is 0 Å². The molecule has 0 saturated carbocycles. The van der Waals surface area contributed by atoms with E-state index in [2.05, 4.69) is 248 Å². The lowest BCUT2D eigenvalue weighted by Crippen LogP contribution is -2.35. The molecule has 68 heavy (non-hydrogen) atoms. The third kappa shape index (κ3) is 8.65. The highest BCUT2D eigenvalue weighted by molar-refractivity contribution is 5.89. The molecule has 0 aliphatic heterocycles. The van der Waals surface area contributed by atoms with E-state index in [9.17, 15) is 0 Å². The van der Waals surface area contributed by atoms with E-state index in [1.807, 2.05) is 6.07 Å². The average Bonchev–Trinajstić information content (AvgIpc) is 3.28. The second kappa shape index (κ2) is 17.3. The molecule has 2 heteroatoms. The van der Waals surface area contributed by atoms with Crippen LogP contribution >= 0.6 is 0 Å². The van der Waals surface area contributed by atoms with E-state index in [-0.39, 0.29) is 32.5 Å². The summed E-state index contributed by atoms with van der Waals surface area (Å²) in [4.78, 5) is 5.04. The van der Waals surface area contributed by atoms with Gasteiger partial charge in [-0.3, -0.25) is 0 Å². The Balaban J connectivity index is 1.40. The third-order valence-corrected chi connectivity index (χ3v) is 16.8. The summed E-state index contributed by atoms with van der Waals surface area (Å²) in [7, 11) is 0. The van der Waals surface area contributed by atoms with Crippen LogP contribution in [0, 0.1) is 45.2 Å². The molecule has 1 unspecified atom stereocenters. The lowest BCUT2D eigenvalue weighted by Gasteiger charge is -2.44. The lowest BCUT2D eigenvalue weighted by atomic mass is 9.63. The molecule has 0 bridgehead atoms. The number of hydrogen-bond acceptors (Lipinski definition) is 2. The SMILES string of the molecule is C=C(/C=C\C(C)(c1cc#ccc1)C(C)(C)C)N(c1cc2c(cc1C)C(C)(C)CCC2(C)C)c1cccc(N(c2cc(-c3ccccc3)ccc2C)c2cc3c(cc2C)C(C)(C)CCC3(C)C)c1C. The molecule has 0 heterocycles. The quantitative estimate of drug-likeness (QED) is 0.126. The molecule has 0 saturated heterocycles. The topological polar surface area (TPSA) is 6.48 Å². The first-order valence-corrected chi connectivity index (χ1v) is 25.2. The van der Waals surface area contributed by atoms with Gasteiger partial charge in [-0.05, 0) is 196 Å². The molecule has 352 valence electrons. The van der Waals surface area contributed by atoms with Gasteiger partial charge in [-0.2, -0.15) is 0 Å². The monoisotopic (exact) mass is 899 g/mol. The van der Waals surface area contributed by atoms with Crippen molar-refractivity contribution in [3.05, 3.63) is 196 Å². The summed E-state index contributed by atoms with van der Waals surface area (Å²) in [6, 6.07) is 47.5. The zero-order valence-electron chi connectivity index (χ0n) is 44.5. The van der Waals surface area contributed by atoms with E-state index in [1.54, 1.807) is 0 Å². The number of nitrogens with zero attached hydrogens (tertiary/aromatic N) is 2. The highest BCUT2D eigenvalue weighted by atomic mass is 15.2. The maximum absolute atomic E-state index is 5.00. The summed E-state index contributed by atoms with van der Waals surface area (Å²) in [5.74, 6) is 0. The minimum absolute atomic E-state index is 0.0308. The van der Waals surface area contributed by atoms with E-state index in [4.69, 9.17) is 6.58 Å². The van der Waals surface area contributed by atoms with Gasteiger partial charge >= 0.3 is 0 Å². The third-order valence-electron chi connectivity index (χ3n) is 16.8. The maximum atomic E-state index is 5.00. The van der Waals surface area contributed by atoms with Crippen LogP contribution in [0.5, 0.6) is 0 Å². The summed E-state index contributed by atoms with van der Waals surface area (Å²) in [6.07, 6.45) is 9.31. The molecular weight excluding hydrogens is 821 g/mol. The predicted molar refractivity (Wildman–Crippen MR) is 294 cm³/mol. The van der Waals surface area contributed by atoms with Gasteiger partial charge in [0.2, 0.25) is 0 Å². The molecular formula is C66H78N2. The largest absolute Gasteiger partial charge is 0.310 e. The fourth-order valence-electron chi connectivity index (χ4n) is 11.3. The summed E-state index contributed by atoms with van der Waals surface area (Å²) < 4.78 is 0. The molecule has 0 aromatic heterocycles. The molecule has 0 fully saturated rings. The molecule has 2 aliphatic carbocycles. The molecule has 2 aliphatic rings. The van der Waals surface area contributed by atoms with Crippen LogP contribution in [-0.4, -0.2) is 0 Å². The molecule has 0 amide bonds. The van der Waals surface area contributed by atoms with Crippen molar-refractivity contribution < 1.29 is 0 Å². The first-order valence-electron chi connectivity index (χ1n) is 25.2. The molecule has 0 radical (unpaired) electrons. The number of allylic oxidation sites excluding steroid dienone is 2. The van der Waals surface area contributed by atoms with Crippen molar-refractivity contribution in [2.75, 3.05) is 9.80 Å². The Labute approximate surface area is 412 Å². The van der Waals surface area contributed by atoms with Gasteiger partial charge < -0.3 is 9.80 Å². The van der Waals surface area contributed by atoms with Crippen LogP contribution in [0.3, 0.4) is 0 Å². The first kappa shape index (κ1) is 48.7. The molecule has 8 rings (SSSR count). The van der Waals surface area contributed by atoms with E-state index in [0.29, 0.717) is 0 Å². The van der Waals surface area contributed by atoms with Crippen LogP contribution in [-0.2, 0) is 27.1 Å². The number of benzene rings is 5. The lowest BCUT2D eigenvalue weighted by molar-refractivity contribution is 0.258. The summed E-state index contributed by atoms with van der Waals surface area (Å²) >= 11 is 0. The molecule has 1 atom stereocenters. The van der Waals surface area contributed by atoms with E-state index in [0.717, 1.165) is 29.9 Å². The van der Waals surface area contributed by atoms with Gasteiger partial charge in [0.25, 0.3) is 0 Å². The first-order chi connectivity index (χ1) is 31.8. The second-order valence-electron chi connectivity index (χ2n) is 24.4. The van der Waals surface area contributed by atoms with Crippen LogP contribution < -0.4 is 9.80 Å². The second-order valence-corrected chi connectivity index (χ2v) is 24.4. The zero-order valence-corrected chi connectivity index (χ0v) is 44.5. The summed E-state index contributed by atoms with van der Waals surface area (Å²) in [5, 5.41) is 0. The number of aryl methyl sites for hydroxylation is 3. The van der Waals surface area contributed by atoms with E-state index in [1.165, 1.54) is 91.1 Å². The van der Waals surface area contributed by atoms with Gasteiger partial charge in [0.05, 0.1) is 11.4 Å². The average molecular weight is 899 g/mol. The van der Waals surface area contributed by atoms with Crippen molar-refractivity contribution in [1.29, 1.82) is 0 Å². The summed E-state index contributed by atoms with van der Waals surface area (Å²) in [5.41, 5.74) is 21.0. The highest BCUT2D eigenvalue weighted by Crippen LogP contribution is 2.53. The minimum atomic E-state index is -0.314. The Kier molecular flexibility index (Phi) is 12.4. The van der Waals surface area contributed by atoms with Crippen LogP contribution in [0.25, 0.3) is 11.1 Å². The van der Waals surface area contributed by atoms with Gasteiger partial charge in [0.1, 0.15) is 0 Å². The van der Waals surface area contributed by atoms with Crippen molar-refractivity contribution in [2.24, 2.45) is 5.41 Å². The number of anilines is 5. The Bertz CT molecular complexity index is 2900. The summed E-state index contributed by atoms with van der Waals surface area (Å²) in [6.45, 7) is 43.0. The number of fused-ring (bicyclic) bond motifs is 2. The standard InChI is InChI=1S/C66H78N2/c1-44-31-32-50(49-25-20-18-21-26-49)41-58(44)68(60-43-55-53(40-46(60)3)63(11,12)36-38-65(55,15)16)57-30-24-29-56(48(57)5)67(47(4)33-34-66(17,61(6,7)8)51-27-22-19-23-28-51)59-42-54-52(39-45(59)2)62(9,10)35-37-64(54,13)14/h18,20-22,24-34,39-43H,4,35-38H2,1-3,5-17H3/b34-33-. The fourth-order valence-corrected chi connectivity index (χ4v) is 11.3. The Morgan fingerprint density at radius 3 is 1.59 bits per heavy atom. The maximum Gasteiger partial charge on any atom is 0.0511 e. The fraction of sp³-hybridized carbons (Fsp3) is 0.394. The number of rotatable bonds is 10.